The number of fused-ring (bicyclic) bond motifs is 1. The number of likely N-dealkylation sites (tertiary alicyclic amines) is 1. The van der Waals surface area contributed by atoms with Gasteiger partial charge in [-0.2, -0.15) is 0 Å². The maximum absolute atomic E-state index is 12.9. The second kappa shape index (κ2) is 5.13. The van der Waals surface area contributed by atoms with Gasteiger partial charge in [-0.25, -0.2) is 0 Å². The number of amides is 2. The summed E-state index contributed by atoms with van der Waals surface area (Å²) < 4.78 is 5.27. The maximum atomic E-state index is 12.9. The Morgan fingerprint density at radius 2 is 2.09 bits per heavy atom. The molecule has 2 N–H and O–H groups in total. The molecule has 2 fully saturated rings. The number of primary amides is 1. The number of nitrogens with zero attached hydrogens (tertiary/aromatic N) is 1. The number of halogens is 1. The Kier molecular flexibility index (Phi) is 3.59. The van der Waals surface area contributed by atoms with E-state index in [0.717, 1.165) is 6.42 Å². The molecule has 23 heavy (non-hydrogen) atoms. The monoisotopic (exact) mass is 336 g/mol. The van der Waals surface area contributed by atoms with Gasteiger partial charge >= 0.3 is 0 Å². The molecular weight excluding hydrogens is 316 g/mol. The molecule has 1 heterocycles. The minimum atomic E-state index is -0.585. The highest BCUT2D eigenvalue weighted by Crippen LogP contribution is 2.62. The first kappa shape index (κ1) is 16.1. The van der Waals surface area contributed by atoms with E-state index in [1.807, 2.05) is 0 Å². The van der Waals surface area contributed by atoms with Crippen molar-refractivity contribution in [1.29, 1.82) is 0 Å². The zero-order chi connectivity index (χ0) is 17.0. The number of hydrogen-bond acceptors (Lipinski definition) is 3. The second-order valence-electron chi connectivity index (χ2n) is 7.27. The van der Waals surface area contributed by atoms with E-state index in [1.54, 1.807) is 23.1 Å². The molecule has 1 aliphatic carbocycles. The fourth-order valence-corrected chi connectivity index (χ4v) is 4.56. The summed E-state index contributed by atoms with van der Waals surface area (Å²) in [5.41, 5.74) is 5.54. The molecule has 0 unspecified atom stereocenters. The Balaban J connectivity index is 1.90. The maximum Gasteiger partial charge on any atom is 0.257 e. The topological polar surface area (TPSA) is 72.6 Å². The predicted molar refractivity (Wildman–Crippen MR) is 87.4 cm³/mol. The van der Waals surface area contributed by atoms with Crippen molar-refractivity contribution in [2.24, 2.45) is 22.5 Å². The molecule has 124 valence electrons. The first-order valence-electron chi connectivity index (χ1n) is 7.64. The average Bonchev–Trinajstić information content (AvgIpc) is 2.82. The van der Waals surface area contributed by atoms with E-state index in [9.17, 15) is 9.59 Å². The molecule has 1 aliphatic heterocycles. The van der Waals surface area contributed by atoms with Gasteiger partial charge in [-0.05, 0) is 36.0 Å². The van der Waals surface area contributed by atoms with E-state index in [4.69, 9.17) is 22.1 Å². The Hall–Kier alpha value is -1.75. The van der Waals surface area contributed by atoms with Crippen LogP contribution < -0.4 is 10.5 Å². The largest absolute Gasteiger partial charge is 0.496 e. The lowest BCUT2D eigenvalue weighted by atomic mass is 9.48. The minimum absolute atomic E-state index is 0.0220. The first-order valence-corrected chi connectivity index (χ1v) is 8.02. The molecule has 0 aromatic heterocycles. The Morgan fingerprint density at radius 3 is 2.61 bits per heavy atom. The van der Waals surface area contributed by atoms with Crippen molar-refractivity contribution < 1.29 is 14.3 Å². The third-order valence-corrected chi connectivity index (χ3v) is 5.66. The van der Waals surface area contributed by atoms with Crippen LogP contribution in [0.2, 0.25) is 5.02 Å². The summed E-state index contributed by atoms with van der Waals surface area (Å²) in [6, 6.07) is 4.94. The molecule has 1 aromatic carbocycles. The van der Waals surface area contributed by atoms with Crippen LogP contribution in [0.25, 0.3) is 0 Å². The molecule has 2 aliphatic rings. The number of ether oxygens (including phenoxy) is 1. The number of carbonyl (C=O) groups excluding carboxylic acids is 2. The van der Waals surface area contributed by atoms with Crippen LogP contribution in [-0.4, -0.2) is 36.9 Å². The lowest BCUT2D eigenvalue weighted by molar-refractivity contribution is -0.148. The summed E-state index contributed by atoms with van der Waals surface area (Å²) in [6.07, 6.45) is 0.724. The number of benzene rings is 1. The van der Waals surface area contributed by atoms with Gasteiger partial charge in [-0.3, -0.25) is 9.59 Å². The summed E-state index contributed by atoms with van der Waals surface area (Å²) in [5.74, 6) is 0.0911. The van der Waals surface area contributed by atoms with E-state index >= 15 is 0 Å². The van der Waals surface area contributed by atoms with Gasteiger partial charge in [0.2, 0.25) is 5.91 Å². The molecule has 0 spiro atoms. The van der Waals surface area contributed by atoms with Gasteiger partial charge in [0.05, 0.1) is 18.1 Å². The summed E-state index contributed by atoms with van der Waals surface area (Å²) in [7, 11) is 1.50. The molecule has 2 atom stereocenters. The summed E-state index contributed by atoms with van der Waals surface area (Å²) in [6.45, 7) is 5.16. The molecule has 6 heteroatoms. The number of carbonyl (C=O) groups is 2. The first-order chi connectivity index (χ1) is 10.7. The molecule has 5 nitrogen and oxygen atoms in total. The smallest absolute Gasteiger partial charge is 0.257 e. The van der Waals surface area contributed by atoms with Gasteiger partial charge in [-0.1, -0.05) is 25.4 Å². The quantitative estimate of drug-likeness (QED) is 0.920. The molecular formula is C17H21ClN2O3. The van der Waals surface area contributed by atoms with E-state index in [-0.39, 0.29) is 23.1 Å². The van der Waals surface area contributed by atoms with Crippen LogP contribution in [0.15, 0.2) is 18.2 Å². The zero-order valence-electron chi connectivity index (χ0n) is 13.6. The summed E-state index contributed by atoms with van der Waals surface area (Å²) in [4.78, 5) is 26.6. The standard InChI is InChI=1S/C17H21ClN2O3/c1-16(2)8-17(15(19)22)9-20(7-13(16)17)14(21)11-5-4-10(18)6-12(11)23-3/h4-6,13H,7-9H2,1-3H3,(H2,19,22)/t13-,17+/m1/s1. The second-order valence-corrected chi connectivity index (χ2v) is 7.71. The fourth-order valence-electron chi connectivity index (χ4n) is 4.39. The number of methoxy groups -OCH3 is 1. The highest BCUT2D eigenvalue weighted by molar-refractivity contribution is 6.30. The zero-order valence-corrected chi connectivity index (χ0v) is 14.3. The van der Waals surface area contributed by atoms with Gasteiger partial charge < -0.3 is 15.4 Å². The van der Waals surface area contributed by atoms with Crippen LogP contribution in [0.4, 0.5) is 0 Å². The Bertz CT molecular complexity index is 688. The highest BCUT2D eigenvalue weighted by Gasteiger charge is 2.66. The van der Waals surface area contributed by atoms with E-state index in [1.165, 1.54) is 7.11 Å². The lowest BCUT2D eigenvalue weighted by Gasteiger charge is -2.54. The van der Waals surface area contributed by atoms with Gasteiger partial charge in [0.15, 0.2) is 0 Å². The van der Waals surface area contributed by atoms with E-state index in [2.05, 4.69) is 13.8 Å². The van der Waals surface area contributed by atoms with Crippen LogP contribution in [0.5, 0.6) is 5.75 Å². The van der Waals surface area contributed by atoms with Crippen molar-refractivity contribution in [3.05, 3.63) is 28.8 Å². The predicted octanol–water partition coefficient (Wildman–Crippen LogP) is 2.32. The van der Waals surface area contributed by atoms with Gasteiger partial charge in [0.25, 0.3) is 5.91 Å². The van der Waals surface area contributed by atoms with Gasteiger partial charge in [-0.15, -0.1) is 0 Å². The fraction of sp³-hybridized carbons (Fsp3) is 0.529. The third kappa shape index (κ3) is 2.29. The SMILES string of the molecule is COc1cc(Cl)ccc1C(=O)N1C[C@@H]2C(C)(C)C[C@]2(C(N)=O)C1. The van der Waals surface area contributed by atoms with Crippen molar-refractivity contribution in [2.75, 3.05) is 20.2 Å². The Morgan fingerprint density at radius 1 is 1.39 bits per heavy atom. The van der Waals surface area contributed by atoms with Crippen molar-refractivity contribution >= 4 is 23.4 Å². The van der Waals surface area contributed by atoms with Crippen LogP contribution in [0.1, 0.15) is 30.6 Å². The van der Waals surface area contributed by atoms with Gasteiger partial charge in [0.1, 0.15) is 5.75 Å². The summed E-state index contributed by atoms with van der Waals surface area (Å²) in [5, 5.41) is 0.509. The number of hydrogen-bond donors (Lipinski definition) is 1. The third-order valence-electron chi connectivity index (χ3n) is 5.43. The molecule has 0 bridgehead atoms. The van der Waals surface area contributed by atoms with Crippen LogP contribution in [-0.2, 0) is 4.79 Å². The van der Waals surface area contributed by atoms with E-state index in [0.29, 0.717) is 29.4 Å². The highest BCUT2D eigenvalue weighted by atomic mass is 35.5. The van der Waals surface area contributed by atoms with Crippen molar-refractivity contribution in [2.45, 2.75) is 20.3 Å². The number of rotatable bonds is 3. The molecule has 1 saturated carbocycles. The molecule has 3 rings (SSSR count). The molecule has 0 radical (unpaired) electrons. The van der Waals surface area contributed by atoms with Crippen LogP contribution in [0, 0.1) is 16.7 Å². The number of nitrogens with two attached hydrogens (primary N) is 1. The minimum Gasteiger partial charge on any atom is -0.496 e. The normalized spacial score (nSPS) is 28.0. The van der Waals surface area contributed by atoms with Crippen LogP contribution in [0.3, 0.4) is 0 Å². The average molecular weight is 337 g/mol. The van der Waals surface area contributed by atoms with Gasteiger partial charge in [0, 0.05) is 18.1 Å². The molecule has 1 aromatic rings. The summed E-state index contributed by atoms with van der Waals surface area (Å²) >= 11 is 5.95. The van der Waals surface area contributed by atoms with Crippen molar-refractivity contribution in [3.8, 4) is 5.75 Å². The van der Waals surface area contributed by atoms with E-state index < -0.39 is 5.41 Å². The Labute approximate surface area is 140 Å². The van der Waals surface area contributed by atoms with Crippen molar-refractivity contribution in [3.63, 3.8) is 0 Å². The molecule has 2 amide bonds. The van der Waals surface area contributed by atoms with Crippen LogP contribution >= 0.6 is 11.6 Å². The van der Waals surface area contributed by atoms with Crippen molar-refractivity contribution in [1.82, 2.24) is 4.90 Å². The molecule has 1 saturated heterocycles. The lowest BCUT2D eigenvalue weighted by Crippen LogP contribution is -2.59.